The topological polar surface area (TPSA) is 0 Å². The van der Waals surface area contributed by atoms with Crippen LogP contribution in [0.25, 0.3) is 6.08 Å². The Labute approximate surface area is 115 Å². The summed E-state index contributed by atoms with van der Waals surface area (Å²) in [4.78, 5) is 0. The molecule has 0 N–H and O–H groups in total. The Balaban J connectivity index is 1.54. The molecule has 0 saturated heterocycles. The van der Waals surface area contributed by atoms with Crippen LogP contribution < -0.4 is 4.46 Å². The Kier molecular flexibility index (Phi) is 3.64. The molecule has 2 aromatic rings. The van der Waals surface area contributed by atoms with E-state index in [4.69, 9.17) is 0 Å². The van der Waals surface area contributed by atoms with Crippen LogP contribution in [0.15, 0.2) is 66.2 Å². The molecule has 1 fully saturated rings. The van der Waals surface area contributed by atoms with Gasteiger partial charge in [-0.15, -0.1) is 0 Å². The van der Waals surface area contributed by atoms with Gasteiger partial charge in [0.05, 0.1) is 0 Å². The standard InChI is InChI=1S/C17H16Se/c1-3-7-14(8-4-1)11-15-12-16(15)13-18-17-9-5-2-6-10-17/h1-11,16H,12-13H2/b15-11-. The maximum atomic E-state index is 2.37. The maximum absolute atomic E-state index is 2.37. The molecule has 0 bridgehead atoms. The van der Waals surface area contributed by atoms with Crippen LogP contribution in [0.1, 0.15) is 12.0 Å². The molecule has 1 unspecified atom stereocenters. The average molecular weight is 299 g/mol. The van der Waals surface area contributed by atoms with Crippen LogP contribution in [-0.2, 0) is 0 Å². The van der Waals surface area contributed by atoms with Gasteiger partial charge >= 0.3 is 115 Å². The first-order valence-corrected chi connectivity index (χ1v) is 8.42. The molecule has 0 aromatic heterocycles. The molecule has 0 radical (unpaired) electrons. The van der Waals surface area contributed by atoms with Gasteiger partial charge in [-0.3, -0.25) is 0 Å². The van der Waals surface area contributed by atoms with Crippen LogP contribution >= 0.6 is 0 Å². The second-order valence-electron chi connectivity index (χ2n) is 4.66. The van der Waals surface area contributed by atoms with Gasteiger partial charge in [-0.05, 0) is 0 Å². The summed E-state index contributed by atoms with van der Waals surface area (Å²) in [5.41, 5.74) is 2.99. The third kappa shape index (κ3) is 3.13. The second kappa shape index (κ2) is 5.56. The molecule has 2 aromatic carbocycles. The van der Waals surface area contributed by atoms with Crippen LogP contribution in [0.3, 0.4) is 0 Å². The summed E-state index contributed by atoms with van der Waals surface area (Å²) in [7, 11) is 0. The Hall–Kier alpha value is -1.30. The van der Waals surface area contributed by atoms with Gasteiger partial charge < -0.3 is 0 Å². The van der Waals surface area contributed by atoms with Gasteiger partial charge in [0.2, 0.25) is 0 Å². The van der Waals surface area contributed by atoms with Crippen molar-refractivity contribution in [2.75, 3.05) is 0 Å². The molecular weight excluding hydrogens is 283 g/mol. The molecule has 1 saturated carbocycles. The average Bonchev–Trinajstić information content (AvgIpc) is 3.17. The number of allylic oxidation sites excluding steroid dienone is 1. The van der Waals surface area contributed by atoms with Gasteiger partial charge in [0.15, 0.2) is 0 Å². The first-order valence-electron chi connectivity index (χ1n) is 6.35. The van der Waals surface area contributed by atoms with Crippen LogP contribution in [0.2, 0.25) is 5.32 Å². The van der Waals surface area contributed by atoms with Gasteiger partial charge in [-0.25, -0.2) is 0 Å². The van der Waals surface area contributed by atoms with Crippen molar-refractivity contribution in [2.45, 2.75) is 11.7 Å². The molecule has 90 valence electrons. The minimum atomic E-state index is 0.637. The van der Waals surface area contributed by atoms with E-state index in [2.05, 4.69) is 66.7 Å². The summed E-state index contributed by atoms with van der Waals surface area (Å²) in [6.45, 7) is 0. The predicted octanol–water partition coefficient (Wildman–Crippen LogP) is 3.54. The van der Waals surface area contributed by atoms with E-state index in [1.165, 1.54) is 21.8 Å². The Morgan fingerprint density at radius 2 is 1.61 bits per heavy atom. The molecule has 3 rings (SSSR count). The van der Waals surface area contributed by atoms with Crippen LogP contribution in [0.5, 0.6) is 0 Å². The summed E-state index contributed by atoms with van der Waals surface area (Å²) in [6.07, 6.45) is 3.68. The molecule has 18 heavy (non-hydrogen) atoms. The van der Waals surface area contributed by atoms with Crippen molar-refractivity contribution in [1.82, 2.24) is 0 Å². The molecule has 0 nitrogen and oxygen atoms in total. The summed E-state index contributed by atoms with van der Waals surface area (Å²) in [6, 6.07) is 21.6. The molecule has 0 heterocycles. The fourth-order valence-corrected chi connectivity index (χ4v) is 4.30. The molecular formula is C17H16Se. The molecule has 1 aliphatic rings. The van der Waals surface area contributed by atoms with Gasteiger partial charge in [0, 0.05) is 0 Å². The van der Waals surface area contributed by atoms with Crippen molar-refractivity contribution in [3.05, 3.63) is 71.8 Å². The Morgan fingerprint density at radius 1 is 0.944 bits per heavy atom. The first kappa shape index (κ1) is 11.8. The van der Waals surface area contributed by atoms with Gasteiger partial charge in [0.1, 0.15) is 0 Å². The number of hydrogen-bond donors (Lipinski definition) is 0. The van der Waals surface area contributed by atoms with Crippen molar-refractivity contribution in [2.24, 2.45) is 5.92 Å². The first-order chi connectivity index (χ1) is 8.92. The zero-order valence-electron chi connectivity index (χ0n) is 10.3. The molecule has 1 atom stereocenters. The fourth-order valence-electron chi connectivity index (χ4n) is 2.05. The van der Waals surface area contributed by atoms with Crippen LogP contribution in [-0.4, -0.2) is 15.0 Å². The van der Waals surface area contributed by atoms with Crippen molar-refractivity contribution in [1.29, 1.82) is 0 Å². The fraction of sp³-hybridized carbons (Fsp3) is 0.176. The van der Waals surface area contributed by atoms with Gasteiger partial charge in [-0.1, -0.05) is 0 Å². The quantitative estimate of drug-likeness (QED) is 0.758. The van der Waals surface area contributed by atoms with Crippen molar-refractivity contribution in [3.8, 4) is 0 Å². The van der Waals surface area contributed by atoms with Gasteiger partial charge in [0.25, 0.3) is 0 Å². The van der Waals surface area contributed by atoms with Crippen molar-refractivity contribution < 1.29 is 0 Å². The SMILES string of the molecule is C(=C1\CC1C[Se]c1ccccc1)/c1ccccc1. The normalized spacial score (nSPS) is 20.0. The third-order valence-electron chi connectivity index (χ3n) is 3.19. The van der Waals surface area contributed by atoms with Crippen molar-refractivity contribution >= 4 is 25.5 Å². The number of benzene rings is 2. The number of hydrogen-bond acceptors (Lipinski definition) is 0. The van der Waals surface area contributed by atoms with E-state index in [0.29, 0.717) is 15.0 Å². The second-order valence-corrected chi connectivity index (χ2v) is 6.95. The minimum absolute atomic E-state index is 0.637. The van der Waals surface area contributed by atoms with E-state index < -0.39 is 0 Å². The Morgan fingerprint density at radius 3 is 2.33 bits per heavy atom. The van der Waals surface area contributed by atoms with Crippen LogP contribution in [0, 0.1) is 5.92 Å². The van der Waals surface area contributed by atoms with E-state index in [1.807, 2.05) is 0 Å². The molecule has 0 amide bonds. The zero-order chi connectivity index (χ0) is 12.2. The van der Waals surface area contributed by atoms with E-state index in [1.54, 1.807) is 5.57 Å². The third-order valence-corrected chi connectivity index (χ3v) is 5.66. The molecule has 0 spiro atoms. The Bertz CT molecular complexity index is 528. The summed E-state index contributed by atoms with van der Waals surface area (Å²) in [5, 5.41) is 1.36. The van der Waals surface area contributed by atoms with E-state index >= 15 is 0 Å². The molecule has 1 heteroatoms. The molecule has 1 aliphatic carbocycles. The van der Waals surface area contributed by atoms with E-state index in [9.17, 15) is 0 Å². The van der Waals surface area contributed by atoms with E-state index in [-0.39, 0.29) is 0 Å². The zero-order valence-corrected chi connectivity index (χ0v) is 12.0. The summed E-state index contributed by atoms with van der Waals surface area (Å²) < 4.78 is 1.52. The monoisotopic (exact) mass is 300 g/mol. The van der Waals surface area contributed by atoms with Crippen LogP contribution in [0.4, 0.5) is 0 Å². The predicted molar refractivity (Wildman–Crippen MR) is 79.2 cm³/mol. The van der Waals surface area contributed by atoms with Gasteiger partial charge in [-0.2, -0.15) is 0 Å². The summed E-state index contributed by atoms with van der Waals surface area (Å²) >= 11 is 0.637. The van der Waals surface area contributed by atoms with Crippen molar-refractivity contribution in [3.63, 3.8) is 0 Å². The number of rotatable bonds is 4. The molecule has 0 aliphatic heterocycles. The van der Waals surface area contributed by atoms with E-state index in [0.717, 1.165) is 5.92 Å². The summed E-state index contributed by atoms with van der Waals surface area (Å²) in [5.74, 6) is 0.852.